The second kappa shape index (κ2) is 9.59. The lowest BCUT2D eigenvalue weighted by atomic mass is 10.1. The van der Waals surface area contributed by atoms with Gasteiger partial charge in [-0.25, -0.2) is 4.79 Å². The van der Waals surface area contributed by atoms with Crippen LogP contribution in [0.25, 0.3) is 0 Å². The van der Waals surface area contributed by atoms with Crippen LogP contribution in [0, 0.1) is 0 Å². The Bertz CT molecular complexity index is 313. The fourth-order valence-electron chi connectivity index (χ4n) is 2.10. The summed E-state index contributed by atoms with van der Waals surface area (Å²) in [6.45, 7) is 2.21. The van der Waals surface area contributed by atoms with Crippen molar-refractivity contribution >= 4 is 11.9 Å². The monoisotopic (exact) mass is 267 g/mol. The summed E-state index contributed by atoms with van der Waals surface area (Å²) in [6.07, 6.45) is 12.8. The van der Waals surface area contributed by atoms with Crippen LogP contribution in [0.15, 0.2) is 12.3 Å². The number of rotatable bonds is 9. The molecule has 1 N–H and O–H groups in total. The van der Waals surface area contributed by atoms with Gasteiger partial charge in [-0.2, -0.15) is 0 Å². The van der Waals surface area contributed by atoms with E-state index in [4.69, 9.17) is 4.74 Å². The molecule has 19 heavy (non-hydrogen) atoms. The Kier molecular flexibility index (Phi) is 7.94. The molecule has 0 spiro atoms. The van der Waals surface area contributed by atoms with E-state index in [0.29, 0.717) is 12.8 Å². The summed E-state index contributed by atoms with van der Waals surface area (Å²) in [4.78, 5) is 22.5. The number of ether oxygens (including phenoxy) is 1. The molecule has 4 nitrogen and oxygen atoms in total. The molecule has 0 radical (unpaired) electrons. The third-order valence-electron chi connectivity index (χ3n) is 3.28. The number of nitrogens with one attached hydrogen (secondary N) is 1. The first kappa shape index (κ1) is 15.7. The normalized spacial score (nSPS) is 18.8. The highest BCUT2D eigenvalue weighted by Gasteiger charge is 2.27. The average Bonchev–Trinajstić information content (AvgIpc) is 2.83. The van der Waals surface area contributed by atoms with Gasteiger partial charge in [0.25, 0.3) is 0 Å². The predicted octanol–water partition coefficient (Wildman–Crippen LogP) is 3.07. The van der Waals surface area contributed by atoms with Crippen LogP contribution in [0.2, 0.25) is 0 Å². The highest BCUT2D eigenvalue weighted by Crippen LogP contribution is 2.09. The summed E-state index contributed by atoms with van der Waals surface area (Å²) in [5.74, 6) is -0.428. The standard InChI is InChI=1S/C15H25NO3/c1-2-3-4-5-6-7-8-9-12-19-15(18)13-10-11-14(17)16-13/h9,12-13H,2-8,10-11H2,1H3,(H,16,17)/b12-9+/t13-/m0/s1. The average molecular weight is 267 g/mol. The number of hydrogen-bond acceptors (Lipinski definition) is 3. The predicted molar refractivity (Wildman–Crippen MR) is 74.4 cm³/mol. The van der Waals surface area contributed by atoms with Gasteiger partial charge in [-0.15, -0.1) is 0 Å². The van der Waals surface area contributed by atoms with E-state index in [1.165, 1.54) is 38.4 Å². The first-order valence-corrected chi connectivity index (χ1v) is 7.39. The Morgan fingerprint density at radius 2 is 2.05 bits per heavy atom. The van der Waals surface area contributed by atoms with Gasteiger partial charge in [0.05, 0.1) is 6.26 Å². The molecule has 0 aromatic heterocycles. The van der Waals surface area contributed by atoms with E-state index in [-0.39, 0.29) is 11.9 Å². The van der Waals surface area contributed by atoms with E-state index in [2.05, 4.69) is 12.2 Å². The van der Waals surface area contributed by atoms with Crippen LogP contribution in [0.3, 0.4) is 0 Å². The molecule has 1 aliphatic heterocycles. The Balaban J connectivity index is 1.98. The molecule has 0 saturated carbocycles. The van der Waals surface area contributed by atoms with Crippen molar-refractivity contribution in [2.45, 2.75) is 70.8 Å². The fraction of sp³-hybridized carbons (Fsp3) is 0.733. The van der Waals surface area contributed by atoms with Gasteiger partial charge in [-0.1, -0.05) is 39.0 Å². The van der Waals surface area contributed by atoms with Crippen LogP contribution in [0.1, 0.15) is 64.7 Å². The largest absolute Gasteiger partial charge is 0.433 e. The lowest BCUT2D eigenvalue weighted by Crippen LogP contribution is -2.33. The van der Waals surface area contributed by atoms with Crippen molar-refractivity contribution < 1.29 is 14.3 Å². The van der Waals surface area contributed by atoms with E-state index < -0.39 is 6.04 Å². The van der Waals surface area contributed by atoms with E-state index >= 15 is 0 Å². The van der Waals surface area contributed by atoms with Crippen molar-refractivity contribution in [1.82, 2.24) is 5.32 Å². The van der Waals surface area contributed by atoms with Crippen LogP contribution in [0.4, 0.5) is 0 Å². The molecule has 108 valence electrons. The van der Waals surface area contributed by atoms with Crippen molar-refractivity contribution in [2.24, 2.45) is 0 Å². The topological polar surface area (TPSA) is 55.4 Å². The zero-order valence-electron chi connectivity index (χ0n) is 11.8. The van der Waals surface area contributed by atoms with E-state index in [1.807, 2.05) is 6.08 Å². The Morgan fingerprint density at radius 1 is 1.32 bits per heavy atom. The summed E-state index contributed by atoms with van der Waals surface area (Å²) in [6, 6.07) is -0.453. The number of amides is 1. The first-order valence-electron chi connectivity index (χ1n) is 7.39. The second-order valence-electron chi connectivity index (χ2n) is 5.02. The van der Waals surface area contributed by atoms with Gasteiger partial charge in [0, 0.05) is 6.42 Å². The summed E-state index contributed by atoms with van der Waals surface area (Å²) < 4.78 is 4.99. The van der Waals surface area contributed by atoms with Crippen LogP contribution < -0.4 is 5.32 Å². The number of esters is 1. The summed E-state index contributed by atoms with van der Waals surface area (Å²) in [5, 5.41) is 2.59. The molecule has 0 aliphatic carbocycles. The van der Waals surface area contributed by atoms with Gasteiger partial charge in [0.1, 0.15) is 6.04 Å². The number of unbranched alkanes of at least 4 members (excludes halogenated alkanes) is 6. The van der Waals surface area contributed by atoms with Crippen molar-refractivity contribution in [2.75, 3.05) is 0 Å². The third kappa shape index (κ3) is 6.99. The molecular formula is C15H25NO3. The smallest absolute Gasteiger partial charge is 0.333 e. The van der Waals surface area contributed by atoms with Gasteiger partial charge >= 0.3 is 5.97 Å². The summed E-state index contributed by atoms with van der Waals surface area (Å²) in [7, 11) is 0. The molecule has 1 aliphatic rings. The van der Waals surface area contributed by atoms with Crippen LogP contribution in [-0.2, 0) is 14.3 Å². The van der Waals surface area contributed by atoms with Gasteiger partial charge < -0.3 is 10.1 Å². The molecule has 1 rings (SSSR count). The van der Waals surface area contributed by atoms with Gasteiger partial charge in [0.15, 0.2) is 0 Å². The van der Waals surface area contributed by atoms with Gasteiger partial charge in [0.2, 0.25) is 5.91 Å². The fourth-order valence-corrected chi connectivity index (χ4v) is 2.10. The van der Waals surface area contributed by atoms with E-state index in [1.54, 1.807) is 0 Å². The number of hydrogen-bond donors (Lipinski definition) is 1. The summed E-state index contributed by atoms with van der Waals surface area (Å²) in [5.41, 5.74) is 0. The molecule has 0 aromatic carbocycles. The minimum absolute atomic E-state index is 0.0713. The Hall–Kier alpha value is -1.32. The molecular weight excluding hydrogens is 242 g/mol. The van der Waals surface area contributed by atoms with Gasteiger partial charge in [-0.3, -0.25) is 4.79 Å². The van der Waals surface area contributed by atoms with Crippen LogP contribution >= 0.6 is 0 Å². The van der Waals surface area contributed by atoms with Crippen molar-refractivity contribution in [3.8, 4) is 0 Å². The molecule has 4 heteroatoms. The zero-order chi connectivity index (χ0) is 13.9. The van der Waals surface area contributed by atoms with Crippen molar-refractivity contribution in [1.29, 1.82) is 0 Å². The molecule has 1 saturated heterocycles. The maximum atomic E-state index is 11.5. The van der Waals surface area contributed by atoms with E-state index in [9.17, 15) is 9.59 Å². The Labute approximate surface area is 115 Å². The van der Waals surface area contributed by atoms with Crippen molar-refractivity contribution in [3.63, 3.8) is 0 Å². The third-order valence-corrected chi connectivity index (χ3v) is 3.28. The van der Waals surface area contributed by atoms with Crippen LogP contribution in [-0.4, -0.2) is 17.9 Å². The van der Waals surface area contributed by atoms with Crippen molar-refractivity contribution in [3.05, 3.63) is 12.3 Å². The minimum atomic E-state index is -0.453. The zero-order valence-corrected chi connectivity index (χ0v) is 11.8. The lowest BCUT2D eigenvalue weighted by Gasteiger charge is -2.06. The summed E-state index contributed by atoms with van der Waals surface area (Å²) >= 11 is 0. The maximum Gasteiger partial charge on any atom is 0.333 e. The molecule has 1 fully saturated rings. The first-order chi connectivity index (χ1) is 9.24. The highest BCUT2D eigenvalue weighted by atomic mass is 16.5. The second-order valence-corrected chi connectivity index (χ2v) is 5.02. The van der Waals surface area contributed by atoms with Crippen LogP contribution in [0.5, 0.6) is 0 Å². The molecule has 1 amide bonds. The molecule has 0 aromatic rings. The molecule has 0 unspecified atom stereocenters. The van der Waals surface area contributed by atoms with Gasteiger partial charge in [-0.05, 0) is 25.3 Å². The SMILES string of the molecule is CCCCCCCC/C=C/OC(=O)[C@@H]1CCC(=O)N1. The van der Waals surface area contributed by atoms with E-state index in [0.717, 1.165) is 12.8 Å². The number of allylic oxidation sites excluding steroid dienone is 1. The molecule has 0 bridgehead atoms. The quantitative estimate of drug-likeness (QED) is 0.397. The molecule has 1 heterocycles. The number of carbonyl (C=O) groups is 2. The number of carbonyl (C=O) groups excluding carboxylic acids is 2. The minimum Gasteiger partial charge on any atom is -0.433 e. The maximum absolute atomic E-state index is 11.5. The lowest BCUT2D eigenvalue weighted by molar-refractivity contribution is -0.141. The Morgan fingerprint density at radius 3 is 2.74 bits per heavy atom. The molecule has 1 atom stereocenters. The highest BCUT2D eigenvalue weighted by molar-refractivity contribution is 5.88.